The fourth-order valence-electron chi connectivity index (χ4n) is 1.46. The number of amides is 1. The van der Waals surface area contributed by atoms with Crippen molar-refractivity contribution >= 4 is 23.6 Å². The molecule has 0 saturated heterocycles. The summed E-state index contributed by atoms with van der Waals surface area (Å²) in [4.78, 5) is 16.5. The van der Waals surface area contributed by atoms with Crippen molar-refractivity contribution in [1.82, 2.24) is 20.1 Å². The third-order valence-corrected chi connectivity index (χ3v) is 3.31. The maximum absolute atomic E-state index is 11.6. The van der Waals surface area contributed by atoms with Crippen LogP contribution in [0.25, 0.3) is 0 Å². The maximum atomic E-state index is 11.6. The fraction of sp³-hybridized carbons (Fsp3) is 0.250. The molecule has 0 fully saturated rings. The van der Waals surface area contributed by atoms with Crippen molar-refractivity contribution < 1.29 is 4.79 Å². The van der Waals surface area contributed by atoms with Gasteiger partial charge in [0.1, 0.15) is 12.9 Å². The number of rotatable bonds is 6. The number of nitrogens with two attached hydrogens (primary N) is 1. The Morgan fingerprint density at radius 3 is 2.84 bits per heavy atom. The van der Waals surface area contributed by atoms with E-state index >= 15 is 0 Å². The van der Waals surface area contributed by atoms with E-state index < -0.39 is 0 Å². The van der Waals surface area contributed by atoms with Crippen molar-refractivity contribution in [1.29, 1.82) is 0 Å². The average molecular weight is 277 g/mol. The highest BCUT2D eigenvalue weighted by Crippen LogP contribution is 2.15. The van der Waals surface area contributed by atoms with Crippen LogP contribution < -0.4 is 11.1 Å². The zero-order chi connectivity index (χ0) is 13.5. The van der Waals surface area contributed by atoms with Gasteiger partial charge in [-0.25, -0.2) is 9.67 Å². The molecule has 7 heteroatoms. The molecule has 100 valence electrons. The summed E-state index contributed by atoms with van der Waals surface area (Å²) in [6.45, 7) is 0.753. The van der Waals surface area contributed by atoms with Crippen molar-refractivity contribution in [2.75, 3.05) is 18.0 Å². The number of nitrogen functional groups attached to an aromatic ring is 1. The molecular weight excluding hydrogens is 262 g/mol. The molecule has 0 aliphatic heterocycles. The van der Waals surface area contributed by atoms with Crippen LogP contribution in [0.5, 0.6) is 0 Å². The summed E-state index contributed by atoms with van der Waals surface area (Å²) < 4.78 is 1.41. The Hall–Kier alpha value is -2.02. The number of benzene rings is 1. The Kier molecular flexibility index (Phi) is 4.79. The number of hydrogen-bond acceptors (Lipinski definition) is 5. The minimum atomic E-state index is -0.0986. The van der Waals surface area contributed by atoms with E-state index in [2.05, 4.69) is 15.4 Å². The van der Waals surface area contributed by atoms with Crippen LogP contribution in [0.2, 0.25) is 0 Å². The first-order chi connectivity index (χ1) is 9.24. The van der Waals surface area contributed by atoms with E-state index in [0.29, 0.717) is 6.54 Å². The molecule has 1 heterocycles. The molecule has 0 aliphatic rings. The molecule has 0 atom stereocenters. The molecule has 1 amide bonds. The molecular formula is C12H15N5OS. The van der Waals surface area contributed by atoms with Crippen LogP contribution >= 0.6 is 11.8 Å². The number of anilines is 1. The number of nitrogens with zero attached hydrogens (tertiary/aromatic N) is 3. The first-order valence-corrected chi connectivity index (χ1v) is 6.82. The number of aromatic nitrogens is 3. The summed E-state index contributed by atoms with van der Waals surface area (Å²) in [7, 11) is 0. The van der Waals surface area contributed by atoms with Crippen molar-refractivity contribution in [2.45, 2.75) is 11.4 Å². The molecule has 0 spiro atoms. The van der Waals surface area contributed by atoms with Crippen molar-refractivity contribution in [2.24, 2.45) is 0 Å². The number of hydrogen-bond donors (Lipinski definition) is 2. The highest BCUT2D eigenvalue weighted by molar-refractivity contribution is 7.99. The lowest BCUT2D eigenvalue weighted by molar-refractivity contribution is -0.121. The van der Waals surface area contributed by atoms with Crippen LogP contribution in [-0.4, -0.2) is 33.0 Å². The Labute approximate surface area is 115 Å². The summed E-state index contributed by atoms with van der Waals surface area (Å²) in [6.07, 6.45) is 1.44. The fourth-order valence-corrected chi connectivity index (χ4v) is 2.25. The first-order valence-electron chi connectivity index (χ1n) is 5.83. The van der Waals surface area contributed by atoms with E-state index in [4.69, 9.17) is 5.73 Å². The molecule has 6 nitrogen and oxygen atoms in total. The summed E-state index contributed by atoms with van der Waals surface area (Å²) in [5.41, 5.74) is 5.36. The van der Waals surface area contributed by atoms with Gasteiger partial charge < -0.3 is 11.1 Å². The van der Waals surface area contributed by atoms with Crippen LogP contribution in [0.4, 0.5) is 5.95 Å². The molecule has 2 aromatic rings. The zero-order valence-corrected chi connectivity index (χ0v) is 11.1. The Balaban J connectivity index is 1.64. The normalized spacial score (nSPS) is 10.3. The van der Waals surface area contributed by atoms with Crippen molar-refractivity contribution in [3.63, 3.8) is 0 Å². The lowest BCUT2D eigenvalue weighted by Gasteiger charge is -2.05. The smallest absolute Gasteiger partial charge is 0.241 e. The minimum absolute atomic E-state index is 0.0986. The van der Waals surface area contributed by atoms with Crippen molar-refractivity contribution in [3.8, 4) is 0 Å². The maximum Gasteiger partial charge on any atom is 0.241 e. The largest absolute Gasteiger partial charge is 0.367 e. The molecule has 0 aliphatic carbocycles. The Morgan fingerprint density at radius 1 is 1.37 bits per heavy atom. The van der Waals surface area contributed by atoms with E-state index in [1.807, 2.05) is 30.3 Å². The van der Waals surface area contributed by atoms with Crippen LogP contribution in [0, 0.1) is 0 Å². The monoisotopic (exact) mass is 277 g/mol. The van der Waals surface area contributed by atoms with Crippen LogP contribution in [0.15, 0.2) is 41.6 Å². The number of carbonyl (C=O) groups is 1. The van der Waals surface area contributed by atoms with Gasteiger partial charge in [0.05, 0.1) is 0 Å². The summed E-state index contributed by atoms with van der Waals surface area (Å²) in [5, 5.41) is 6.67. The summed E-state index contributed by atoms with van der Waals surface area (Å²) in [6, 6.07) is 10.1. The topological polar surface area (TPSA) is 85.8 Å². The predicted octanol–water partition coefficient (Wildman–Crippen LogP) is 0.769. The third kappa shape index (κ3) is 4.63. The highest BCUT2D eigenvalue weighted by Gasteiger charge is 2.03. The van der Waals surface area contributed by atoms with E-state index in [1.54, 1.807) is 11.8 Å². The standard InChI is InChI=1S/C12H15N5OS/c13-12-15-9-17(16-12)8-11(18)14-6-7-19-10-4-2-1-3-5-10/h1-5,9H,6-8H2,(H2,13,16)(H,14,18). The first kappa shape index (κ1) is 13.4. The van der Waals surface area contributed by atoms with E-state index in [0.717, 1.165) is 5.75 Å². The van der Waals surface area contributed by atoms with E-state index in [9.17, 15) is 4.79 Å². The molecule has 0 unspecified atom stereocenters. The van der Waals surface area contributed by atoms with Crippen LogP contribution in [0.1, 0.15) is 0 Å². The molecule has 19 heavy (non-hydrogen) atoms. The van der Waals surface area contributed by atoms with Gasteiger partial charge >= 0.3 is 0 Å². The molecule has 0 radical (unpaired) electrons. The van der Waals surface area contributed by atoms with Crippen LogP contribution in [-0.2, 0) is 11.3 Å². The zero-order valence-electron chi connectivity index (χ0n) is 10.3. The second-order valence-electron chi connectivity index (χ2n) is 3.81. The van der Waals surface area contributed by atoms with Gasteiger partial charge in [0.25, 0.3) is 0 Å². The van der Waals surface area contributed by atoms with Gasteiger partial charge in [0, 0.05) is 17.2 Å². The van der Waals surface area contributed by atoms with Gasteiger partial charge in [-0.05, 0) is 12.1 Å². The van der Waals surface area contributed by atoms with E-state index in [1.165, 1.54) is 15.9 Å². The summed E-state index contributed by atoms with van der Waals surface area (Å²) in [5.74, 6) is 0.904. The van der Waals surface area contributed by atoms with Gasteiger partial charge in [-0.1, -0.05) is 18.2 Å². The second-order valence-corrected chi connectivity index (χ2v) is 4.98. The third-order valence-electron chi connectivity index (χ3n) is 2.30. The molecule has 0 bridgehead atoms. The van der Waals surface area contributed by atoms with Gasteiger partial charge in [-0.3, -0.25) is 4.79 Å². The summed E-state index contributed by atoms with van der Waals surface area (Å²) >= 11 is 1.70. The number of nitrogens with one attached hydrogen (secondary N) is 1. The van der Waals surface area contributed by atoms with Crippen molar-refractivity contribution in [3.05, 3.63) is 36.7 Å². The molecule has 1 aromatic heterocycles. The Bertz CT molecular complexity index is 528. The quantitative estimate of drug-likeness (QED) is 0.601. The molecule has 0 saturated carbocycles. The van der Waals surface area contributed by atoms with Gasteiger partial charge in [0.15, 0.2) is 0 Å². The highest BCUT2D eigenvalue weighted by atomic mass is 32.2. The number of thioether (sulfide) groups is 1. The second kappa shape index (κ2) is 6.79. The average Bonchev–Trinajstić information content (AvgIpc) is 2.81. The van der Waals surface area contributed by atoms with E-state index in [-0.39, 0.29) is 18.4 Å². The minimum Gasteiger partial charge on any atom is -0.367 e. The lowest BCUT2D eigenvalue weighted by atomic mass is 10.4. The SMILES string of the molecule is Nc1ncn(CC(=O)NCCSc2ccccc2)n1. The molecule has 1 aromatic carbocycles. The lowest BCUT2D eigenvalue weighted by Crippen LogP contribution is -2.29. The number of carbonyl (C=O) groups excluding carboxylic acids is 1. The Morgan fingerprint density at radius 2 is 2.16 bits per heavy atom. The predicted molar refractivity (Wildman–Crippen MR) is 74.6 cm³/mol. The molecule has 2 rings (SSSR count). The van der Waals surface area contributed by atoms with Gasteiger partial charge in [-0.2, -0.15) is 0 Å². The van der Waals surface area contributed by atoms with Crippen LogP contribution in [0.3, 0.4) is 0 Å². The molecule has 3 N–H and O–H groups in total. The van der Waals surface area contributed by atoms with Gasteiger partial charge in [-0.15, -0.1) is 16.9 Å². The van der Waals surface area contributed by atoms with Gasteiger partial charge in [0.2, 0.25) is 11.9 Å².